The Bertz CT molecular complexity index is 296. The summed E-state index contributed by atoms with van der Waals surface area (Å²) < 4.78 is 5.02. The lowest BCUT2D eigenvalue weighted by Gasteiger charge is -2.32. The molecular weight excluding hydrogens is 216 g/mol. The molecule has 2 fully saturated rings. The second-order valence-corrected chi connectivity index (χ2v) is 5.90. The maximum absolute atomic E-state index is 11.6. The van der Waals surface area contributed by atoms with E-state index in [0.29, 0.717) is 29.9 Å². The molecule has 1 heterocycles. The minimum Gasteiger partial charge on any atom is -0.450 e. The first-order valence-electron chi connectivity index (χ1n) is 6.65. The van der Waals surface area contributed by atoms with Gasteiger partial charge in [-0.25, -0.2) is 4.79 Å². The van der Waals surface area contributed by atoms with Crippen LogP contribution in [0.3, 0.4) is 0 Å². The van der Waals surface area contributed by atoms with Crippen molar-refractivity contribution < 1.29 is 9.53 Å². The summed E-state index contributed by atoms with van der Waals surface area (Å²) >= 11 is 0. The molecule has 0 bridgehead atoms. The SMILES string of the molecule is CCOC(=O)N1CCC([C@@H]2[C@@H](N)C2(C)C)CC1. The maximum atomic E-state index is 11.6. The Morgan fingerprint density at radius 1 is 1.41 bits per heavy atom. The predicted octanol–water partition coefficient (Wildman–Crippen LogP) is 1.84. The monoisotopic (exact) mass is 240 g/mol. The minimum atomic E-state index is -0.162. The standard InChI is InChI=1S/C13H24N2O2/c1-4-17-12(16)15-7-5-9(6-8-15)10-11(14)13(10,2)3/h9-11H,4-8,14H2,1-3H3/t10-,11-/m1/s1. The summed E-state index contributed by atoms with van der Waals surface area (Å²) in [6.07, 6.45) is 1.98. The largest absolute Gasteiger partial charge is 0.450 e. The lowest BCUT2D eigenvalue weighted by atomic mass is 9.88. The van der Waals surface area contributed by atoms with E-state index in [4.69, 9.17) is 10.5 Å². The highest BCUT2D eigenvalue weighted by Gasteiger charge is 2.58. The molecule has 2 aliphatic rings. The van der Waals surface area contributed by atoms with Crippen LogP contribution in [-0.4, -0.2) is 36.7 Å². The fourth-order valence-electron chi connectivity index (χ4n) is 3.27. The number of rotatable bonds is 2. The number of hydrogen-bond acceptors (Lipinski definition) is 3. The second kappa shape index (κ2) is 4.48. The Kier molecular flexibility index (Phi) is 3.34. The predicted molar refractivity (Wildman–Crippen MR) is 66.6 cm³/mol. The molecule has 2 rings (SSSR count). The normalized spacial score (nSPS) is 32.4. The molecule has 98 valence electrons. The third kappa shape index (κ3) is 2.28. The third-order valence-electron chi connectivity index (χ3n) is 4.57. The fraction of sp³-hybridized carbons (Fsp3) is 0.923. The lowest BCUT2D eigenvalue weighted by Crippen LogP contribution is -2.39. The average Bonchev–Trinajstić information content (AvgIpc) is 2.79. The van der Waals surface area contributed by atoms with Gasteiger partial charge in [0.1, 0.15) is 0 Å². The van der Waals surface area contributed by atoms with Gasteiger partial charge in [0.2, 0.25) is 0 Å². The van der Waals surface area contributed by atoms with E-state index < -0.39 is 0 Å². The van der Waals surface area contributed by atoms with Crippen LogP contribution in [0.1, 0.15) is 33.6 Å². The van der Waals surface area contributed by atoms with Gasteiger partial charge in [0.25, 0.3) is 0 Å². The second-order valence-electron chi connectivity index (χ2n) is 5.90. The summed E-state index contributed by atoms with van der Waals surface area (Å²) in [4.78, 5) is 13.4. The van der Waals surface area contributed by atoms with Gasteiger partial charge < -0.3 is 15.4 Å². The Morgan fingerprint density at radius 3 is 2.35 bits per heavy atom. The number of piperidine rings is 1. The zero-order valence-electron chi connectivity index (χ0n) is 11.1. The summed E-state index contributed by atoms with van der Waals surface area (Å²) in [5, 5.41) is 0. The highest BCUT2D eigenvalue weighted by Crippen LogP contribution is 2.56. The topological polar surface area (TPSA) is 55.6 Å². The number of amides is 1. The molecule has 1 saturated carbocycles. The molecule has 0 aromatic carbocycles. The van der Waals surface area contributed by atoms with Crippen LogP contribution < -0.4 is 5.73 Å². The Hall–Kier alpha value is -0.770. The first-order valence-corrected chi connectivity index (χ1v) is 6.65. The van der Waals surface area contributed by atoms with Crippen LogP contribution in [0.15, 0.2) is 0 Å². The van der Waals surface area contributed by atoms with Crippen LogP contribution in [0.25, 0.3) is 0 Å². The van der Waals surface area contributed by atoms with Crippen LogP contribution in [0.4, 0.5) is 4.79 Å². The van der Waals surface area contributed by atoms with Gasteiger partial charge in [0, 0.05) is 19.1 Å². The lowest BCUT2D eigenvalue weighted by molar-refractivity contribution is 0.0880. The fourth-order valence-corrected chi connectivity index (χ4v) is 3.27. The molecule has 0 radical (unpaired) electrons. The number of carbonyl (C=O) groups is 1. The molecule has 0 aromatic rings. The van der Waals surface area contributed by atoms with Crippen molar-refractivity contribution in [3.8, 4) is 0 Å². The number of hydrogen-bond donors (Lipinski definition) is 1. The van der Waals surface area contributed by atoms with E-state index in [0.717, 1.165) is 25.9 Å². The summed E-state index contributed by atoms with van der Waals surface area (Å²) in [6.45, 7) is 8.45. The minimum absolute atomic E-state index is 0.162. The zero-order valence-corrected chi connectivity index (χ0v) is 11.1. The Balaban J connectivity index is 1.81. The zero-order chi connectivity index (χ0) is 12.6. The molecule has 1 amide bonds. The van der Waals surface area contributed by atoms with E-state index in [9.17, 15) is 4.79 Å². The van der Waals surface area contributed by atoms with Gasteiger partial charge in [-0.15, -0.1) is 0 Å². The summed E-state index contributed by atoms with van der Waals surface area (Å²) in [5.74, 6) is 1.33. The van der Waals surface area contributed by atoms with Gasteiger partial charge >= 0.3 is 6.09 Å². The van der Waals surface area contributed by atoms with Crippen molar-refractivity contribution in [3.05, 3.63) is 0 Å². The molecule has 1 aliphatic heterocycles. The van der Waals surface area contributed by atoms with Crippen molar-refractivity contribution in [1.29, 1.82) is 0 Å². The molecular formula is C13H24N2O2. The van der Waals surface area contributed by atoms with Crippen LogP contribution >= 0.6 is 0 Å². The van der Waals surface area contributed by atoms with Gasteiger partial charge in [-0.05, 0) is 37.0 Å². The van der Waals surface area contributed by atoms with Gasteiger partial charge in [-0.2, -0.15) is 0 Å². The van der Waals surface area contributed by atoms with E-state index in [1.807, 2.05) is 11.8 Å². The summed E-state index contributed by atoms with van der Waals surface area (Å²) in [5.41, 5.74) is 6.41. The first kappa shape index (κ1) is 12.7. The molecule has 4 heteroatoms. The molecule has 1 aliphatic carbocycles. The number of ether oxygens (including phenoxy) is 1. The molecule has 2 atom stereocenters. The van der Waals surface area contributed by atoms with E-state index in [-0.39, 0.29) is 6.09 Å². The number of carbonyl (C=O) groups excluding carboxylic acids is 1. The Labute approximate surface area is 103 Å². The quantitative estimate of drug-likeness (QED) is 0.801. The average molecular weight is 240 g/mol. The molecule has 0 unspecified atom stereocenters. The van der Waals surface area contributed by atoms with Crippen molar-refractivity contribution in [1.82, 2.24) is 4.90 Å². The van der Waals surface area contributed by atoms with Crippen LogP contribution in [0.2, 0.25) is 0 Å². The smallest absolute Gasteiger partial charge is 0.409 e. The maximum Gasteiger partial charge on any atom is 0.409 e. The number of nitrogens with zero attached hydrogens (tertiary/aromatic N) is 1. The molecule has 1 saturated heterocycles. The third-order valence-corrected chi connectivity index (χ3v) is 4.57. The van der Waals surface area contributed by atoms with Crippen LogP contribution in [0, 0.1) is 17.3 Å². The summed E-state index contributed by atoms with van der Waals surface area (Å²) in [6, 6.07) is 0.349. The van der Waals surface area contributed by atoms with E-state index >= 15 is 0 Å². The van der Waals surface area contributed by atoms with E-state index in [1.165, 1.54) is 0 Å². The van der Waals surface area contributed by atoms with Crippen molar-refractivity contribution in [3.63, 3.8) is 0 Å². The van der Waals surface area contributed by atoms with Crippen molar-refractivity contribution in [2.75, 3.05) is 19.7 Å². The molecule has 0 spiro atoms. The highest BCUT2D eigenvalue weighted by atomic mass is 16.6. The van der Waals surface area contributed by atoms with Gasteiger partial charge in [-0.3, -0.25) is 0 Å². The summed E-state index contributed by atoms with van der Waals surface area (Å²) in [7, 11) is 0. The van der Waals surface area contributed by atoms with Crippen LogP contribution in [0.5, 0.6) is 0 Å². The van der Waals surface area contributed by atoms with Crippen molar-refractivity contribution in [2.45, 2.75) is 39.7 Å². The first-order chi connectivity index (χ1) is 7.98. The molecule has 0 aromatic heterocycles. The van der Waals surface area contributed by atoms with Crippen molar-refractivity contribution >= 4 is 6.09 Å². The molecule has 4 nitrogen and oxygen atoms in total. The number of likely N-dealkylation sites (tertiary alicyclic amines) is 1. The van der Waals surface area contributed by atoms with Gasteiger partial charge in [0.15, 0.2) is 0 Å². The molecule has 17 heavy (non-hydrogen) atoms. The Morgan fingerprint density at radius 2 is 1.94 bits per heavy atom. The van der Waals surface area contributed by atoms with Crippen molar-refractivity contribution in [2.24, 2.45) is 23.0 Å². The van der Waals surface area contributed by atoms with Gasteiger partial charge in [-0.1, -0.05) is 13.8 Å². The van der Waals surface area contributed by atoms with E-state index in [2.05, 4.69) is 13.8 Å². The van der Waals surface area contributed by atoms with E-state index in [1.54, 1.807) is 0 Å². The highest BCUT2D eigenvalue weighted by molar-refractivity contribution is 5.67. The van der Waals surface area contributed by atoms with Gasteiger partial charge in [0.05, 0.1) is 6.61 Å². The number of nitrogens with two attached hydrogens (primary N) is 1. The molecule has 2 N–H and O–H groups in total. The van der Waals surface area contributed by atoms with Crippen LogP contribution in [-0.2, 0) is 4.74 Å².